The number of nitrogens with zero attached hydrogens (tertiary/aromatic N) is 1. The van der Waals surface area contributed by atoms with Gasteiger partial charge in [-0.15, -0.1) is 11.8 Å². The molecule has 3 rings (SSSR count). The third-order valence-corrected chi connectivity index (χ3v) is 5.75. The number of thioether (sulfide) groups is 1. The van der Waals surface area contributed by atoms with Crippen molar-refractivity contribution >= 4 is 35.2 Å². The average Bonchev–Trinajstić information content (AvgIpc) is 3.18. The van der Waals surface area contributed by atoms with Gasteiger partial charge in [0, 0.05) is 17.9 Å². The zero-order chi connectivity index (χ0) is 20.1. The summed E-state index contributed by atoms with van der Waals surface area (Å²) in [6.45, 7) is 1.93. The normalized spacial score (nSPS) is 16.0. The van der Waals surface area contributed by atoms with Crippen molar-refractivity contribution in [3.8, 4) is 0 Å². The molecule has 6 nitrogen and oxygen atoms in total. The Balaban J connectivity index is 1.58. The van der Waals surface area contributed by atoms with Crippen molar-refractivity contribution in [3.63, 3.8) is 0 Å². The average molecular weight is 398 g/mol. The number of carboxylic acid groups (broad SMARTS) is 1. The fraction of sp³-hybridized carbons (Fsp3) is 0.286. The number of anilines is 1. The predicted molar refractivity (Wildman–Crippen MR) is 109 cm³/mol. The van der Waals surface area contributed by atoms with Crippen molar-refractivity contribution < 1.29 is 19.5 Å². The number of carboxylic acids is 1. The largest absolute Gasteiger partial charge is 0.478 e. The number of rotatable bonds is 6. The lowest BCUT2D eigenvalue weighted by Gasteiger charge is -2.23. The number of carbonyl (C=O) groups is 3. The van der Waals surface area contributed by atoms with Crippen molar-refractivity contribution in [2.45, 2.75) is 25.8 Å². The first kappa shape index (κ1) is 19.9. The van der Waals surface area contributed by atoms with Gasteiger partial charge in [-0.1, -0.05) is 30.3 Å². The minimum absolute atomic E-state index is 0.0720. The number of nitrogens with one attached hydrogen (secondary N) is 1. The fourth-order valence-electron chi connectivity index (χ4n) is 3.04. The van der Waals surface area contributed by atoms with Crippen molar-refractivity contribution in [2.24, 2.45) is 0 Å². The van der Waals surface area contributed by atoms with Crippen molar-refractivity contribution in [3.05, 3.63) is 65.2 Å². The number of amides is 2. The van der Waals surface area contributed by atoms with Crippen molar-refractivity contribution in [1.29, 1.82) is 0 Å². The SMILES string of the molecule is Cc1ccccc1NC(=O)C1CSCN1C(=O)CCc1ccc(C(=O)O)cc1. The summed E-state index contributed by atoms with van der Waals surface area (Å²) >= 11 is 1.57. The van der Waals surface area contributed by atoms with E-state index in [9.17, 15) is 14.4 Å². The molecule has 1 unspecified atom stereocenters. The van der Waals surface area contributed by atoms with Gasteiger partial charge in [0.15, 0.2) is 0 Å². The summed E-state index contributed by atoms with van der Waals surface area (Å²) in [5.41, 5.74) is 2.85. The predicted octanol–water partition coefficient (Wildman–Crippen LogP) is 3.17. The Morgan fingerprint density at radius 1 is 1.14 bits per heavy atom. The van der Waals surface area contributed by atoms with E-state index in [0.29, 0.717) is 18.1 Å². The van der Waals surface area contributed by atoms with Crippen molar-refractivity contribution in [1.82, 2.24) is 4.90 Å². The molecule has 0 aliphatic carbocycles. The molecule has 7 heteroatoms. The minimum atomic E-state index is -0.973. The van der Waals surface area contributed by atoms with Crippen LogP contribution >= 0.6 is 11.8 Å². The first-order chi connectivity index (χ1) is 13.5. The van der Waals surface area contributed by atoms with Crippen LogP contribution in [0.4, 0.5) is 5.69 Å². The third-order valence-electron chi connectivity index (χ3n) is 4.74. The monoisotopic (exact) mass is 398 g/mol. The summed E-state index contributed by atoms with van der Waals surface area (Å²) < 4.78 is 0. The molecular formula is C21H22N2O4S. The molecule has 146 valence electrons. The zero-order valence-electron chi connectivity index (χ0n) is 15.6. The summed E-state index contributed by atoms with van der Waals surface area (Å²) in [5.74, 6) is -0.130. The number of benzene rings is 2. The van der Waals surface area contributed by atoms with Crippen LogP contribution in [0.2, 0.25) is 0 Å². The van der Waals surface area contributed by atoms with Gasteiger partial charge in [-0.2, -0.15) is 0 Å². The van der Waals surface area contributed by atoms with E-state index in [-0.39, 0.29) is 23.8 Å². The van der Waals surface area contributed by atoms with Crippen LogP contribution in [0.5, 0.6) is 0 Å². The van der Waals surface area contributed by atoms with E-state index in [1.54, 1.807) is 28.8 Å². The Bertz CT molecular complexity index is 882. The lowest BCUT2D eigenvalue weighted by Crippen LogP contribution is -2.44. The second-order valence-corrected chi connectivity index (χ2v) is 7.69. The van der Waals surface area contributed by atoms with E-state index in [0.717, 1.165) is 16.8 Å². The van der Waals surface area contributed by atoms with E-state index in [4.69, 9.17) is 5.11 Å². The van der Waals surface area contributed by atoms with Gasteiger partial charge >= 0.3 is 5.97 Å². The van der Waals surface area contributed by atoms with Crippen LogP contribution in [0.25, 0.3) is 0 Å². The van der Waals surface area contributed by atoms with Gasteiger partial charge in [-0.05, 0) is 42.7 Å². The van der Waals surface area contributed by atoms with Crippen LogP contribution in [-0.4, -0.2) is 45.5 Å². The molecule has 0 bridgehead atoms. The number of hydrogen-bond acceptors (Lipinski definition) is 4. The molecule has 0 saturated carbocycles. The summed E-state index contributed by atoms with van der Waals surface area (Å²) in [7, 11) is 0. The molecular weight excluding hydrogens is 376 g/mol. The molecule has 1 atom stereocenters. The highest BCUT2D eigenvalue weighted by Gasteiger charge is 2.34. The molecule has 0 aromatic heterocycles. The number of carbonyl (C=O) groups excluding carboxylic acids is 2. The number of aromatic carboxylic acids is 1. The first-order valence-electron chi connectivity index (χ1n) is 9.01. The minimum Gasteiger partial charge on any atom is -0.478 e. The van der Waals surface area contributed by atoms with Gasteiger partial charge in [-0.3, -0.25) is 9.59 Å². The van der Waals surface area contributed by atoms with Crippen LogP contribution in [0.1, 0.15) is 27.9 Å². The van der Waals surface area contributed by atoms with Gasteiger partial charge in [0.2, 0.25) is 11.8 Å². The maximum Gasteiger partial charge on any atom is 0.335 e. The van der Waals surface area contributed by atoms with E-state index in [1.807, 2.05) is 31.2 Å². The second kappa shape index (κ2) is 8.93. The van der Waals surface area contributed by atoms with Crippen LogP contribution < -0.4 is 5.32 Å². The topological polar surface area (TPSA) is 86.7 Å². The molecule has 2 N–H and O–H groups in total. The van der Waals surface area contributed by atoms with Gasteiger partial charge in [-0.25, -0.2) is 4.79 Å². The summed E-state index contributed by atoms with van der Waals surface area (Å²) in [6.07, 6.45) is 0.785. The molecule has 2 aromatic rings. The van der Waals surface area contributed by atoms with Gasteiger partial charge in [0.05, 0.1) is 11.4 Å². The highest BCUT2D eigenvalue weighted by molar-refractivity contribution is 7.99. The number of aryl methyl sites for hydroxylation is 2. The maximum absolute atomic E-state index is 12.7. The molecule has 1 fully saturated rings. The summed E-state index contributed by atoms with van der Waals surface area (Å²) in [4.78, 5) is 37.9. The van der Waals surface area contributed by atoms with Crippen LogP contribution in [0.3, 0.4) is 0 Å². The molecule has 28 heavy (non-hydrogen) atoms. The molecule has 1 heterocycles. The van der Waals surface area contributed by atoms with E-state index < -0.39 is 12.0 Å². The van der Waals surface area contributed by atoms with Crippen LogP contribution in [-0.2, 0) is 16.0 Å². The molecule has 0 spiro atoms. The Kier molecular flexibility index (Phi) is 6.36. The highest BCUT2D eigenvalue weighted by atomic mass is 32.2. The van der Waals surface area contributed by atoms with Gasteiger partial charge < -0.3 is 15.3 Å². The van der Waals surface area contributed by atoms with E-state index >= 15 is 0 Å². The van der Waals surface area contributed by atoms with Crippen LogP contribution in [0.15, 0.2) is 48.5 Å². The van der Waals surface area contributed by atoms with Crippen LogP contribution in [0, 0.1) is 6.92 Å². The quantitative estimate of drug-likeness (QED) is 0.781. The molecule has 2 aromatic carbocycles. The molecule has 0 radical (unpaired) electrons. The number of para-hydroxylation sites is 1. The smallest absolute Gasteiger partial charge is 0.335 e. The lowest BCUT2D eigenvalue weighted by atomic mass is 10.1. The number of hydrogen-bond donors (Lipinski definition) is 2. The summed E-state index contributed by atoms with van der Waals surface area (Å²) in [6, 6.07) is 13.6. The first-order valence-corrected chi connectivity index (χ1v) is 10.2. The Morgan fingerprint density at radius 3 is 2.54 bits per heavy atom. The Hall–Kier alpha value is -2.80. The highest BCUT2D eigenvalue weighted by Crippen LogP contribution is 2.24. The standard InChI is InChI=1S/C21H22N2O4S/c1-14-4-2-3-5-17(14)22-20(25)18-12-28-13-23(18)19(24)11-8-15-6-9-16(10-7-15)21(26)27/h2-7,9-10,18H,8,11-13H2,1H3,(H,22,25)(H,26,27). The molecule has 1 aliphatic heterocycles. The molecule has 2 amide bonds. The maximum atomic E-state index is 12.7. The lowest BCUT2D eigenvalue weighted by molar-refractivity contribution is -0.136. The second-order valence-electron chi connectivity index (χ2n) is 6.69. The Morgan fingerprint density at radius 2 is 1.86 bits per heavy atom. The van der Waals surface area contributed by atoms with Gasteiger partial charge in [0.25, 0.3) is 0 Å². The molecule has 1 aliphatic rings. The fourth-order valence-corrected chi connectivity index (χ4v) is 4.22. The Labute approximate surface area is 167 Å². The van der Waals surface area contributed by atoms with E-state index in [1.165, 1.54) is 12.1 Å². The third kappa shape index (κ3) is 4.72. The van der Waals surface area contributed by atoms with Gasteiger partial charge in [0.1, 0.15) is 6.04 Å². The molecule has 1 saturated heterocycles. The summed E-state index contributed by atoms with van der Waals surface area (Å²) in [5, 5.41) is 11.9. The zero-order valence-corrected chi connectivity index (χ0v) is 16.4. The van der Waals surface area contributed by atoms with E-state index in [2.05, 4.69) is 5.32 Å². The van der Waals surface area contributed by atoms with Crippen molar-refractivity contribution in [2.75, 3.05) is 16.9 Å².